The molecule has 1 heterocycles. The summed E-state index contributed by atoms with van der Waals surface area (Å²) in [6, 6.07) is 12.1. The van der Waals surface area contributed by atoms with Crippen LogP contribution >= 0.6 is 23.2 Å². The Hall–Kier alpha value is -2.87. The van der Waals surface area contributed by atoms with Crippen LogP contribution < -0.4 is 21.5 Å². The van der Waals surface area contributed by atoms with E-state index in [1.807, 2.05) is 24.3 Å². The van der Waals surface area contributed by atoms with Gasteiger partial charge in [-0.1, -0.05) is 41.4 Å². The molecule has 0 aliphatic carbocycles. The van der Waals surface area contributed by atoms with E-state index in [0.717, 1.165) is 16.7 Å². The van der Waals surface area contributed by atoms with Gasteiger partial charge in [0.05, 0.1) is 11.6 Å². The third kappa shape index (κ3) is 6.09. The fraction of sp³-hybridized carbons (Fsp3) is 0.217. The van der Waals surface area contributed by atoms with Crippen molar-refractivity contribution in [1.82, 2.24) is 10.3 Å². The van der Waals surface area contributed by atoms with Gasteiger partial charge in [-0.2, -0.15) is 0 Å². The number of carbonyl (C=O) groups is 1. The summed E-state index contributed by atoms with van der Waals surface area (Å²) in [6.45, 7) is 0.891. The molecule has 3 rings (SSSR count). The van der Waals surface area contributed by atoms with Crippen LogP contribution in [0.2, 0.25) is 10.0 Å². The number of benzene rings is 2. The number of hydrogen-bond donors (Lipinski definition) is 3. The molecule has 0 atom stereocenters. The fourth-order valence-corrected chi connectivity index (χ4v) is 3.63. The average Bonchev–Trinajstić information content (AvgIpc) is 2.79. The lowest BCUT2D eigenvalue weighted by molar-refractivity contribution is -0.121. The molecule has 0 saturated carbocycles. The van der Waals surface area contributed by atoms with Crippen LogP contribution in [-0.4, -0.2) is 24.0 Å². The second kappa shape index (κ2) is 11.1. The van der Waals surface area contributed by atoms with Crippen LogP contribution in [0.5, 0.6) is 5.75 Å². The van der Waals surface area contributed by atoms with Crippen molar-refractivity contribution in [2.75, 3.05) is 18.9 Å². The third-order valence-electron chi connectivity index (χ3n) is 4.75. The predicted molar refractivity (Wildman–Crippen MR) is 125 cm³/mol. The monoisotopic (exact) mass is 476 g/mol. The summed E-state index contributed by atoms with van der Waals surface area (Å²) in [7, 11) is 0. The van der Waals surface area contributed by atoms with Crippen LogP contribution in [0.15, 0.2) is 48.7 Å². The highest BCUT2D eigenvalue weighted by atomic mass is 35.5. The molecule has 1 aromatic heterocycles. The topological polar surface area (TPSA) is 103 Å². The number of anilines is 1. The minimum Gasteiger partial charge on any atom is -0.489 e. The number of nitrogens with one attached hydrogen (secondary N) is 1. The van der Waals surface area contributed by atoms with E-state index < -0.39 is 5.82 Å². The Labute approximate surface area is 195 Å². The van der Waals surface area contributed by atoms with Gasteiger partial charge < -0.3 is 21.5 Å². The molecule has 0 saturated heterocycles. The van der Waals surface area contributed by atoms with Crippen LogP contribution in [0.4, 0.5) is 10.2 Å². The van der Waals surface area contributed by atoms with Gasteiger partial charge in [0.15, 0.2) is 11.6 Å². The van der Waals surface area contributed by atoms with E-state index in [4.69, 9.17) is 39.4 Å². The normalized spacial score (nSPS) is 10.8. The van der Waals surface area contributed by atoms with Crippen molar-refractivity contribution in [3.63, 3.8) is 0 Å². The Kier molecular flexibility index (Phi) is 8.27. The third-order valence-corrected chi connectivity index (χ3v) is 5.51. The smallest absolute Gasteiger partial charge is 0.221 e. The number of pyridine rings is 1. The summed E-state index contributed by atoms with van der Waals surface area (Å²) in [4.78, 5) is 15.9. The zero-order valence-electron chi connectivity index (χ0n) is 17.2. The van der Waals surface area contributed by atoms with Crippen LogP contribution in [0.25, 0.3) is 11.1 Å². The number of nitrogens with two attached hydrogens (primary N) is 2. The second-order valence-electron chi connectivity index (χ2n) is 7.04. The van der Waals surface area contributed by atoms with Gasteiger partial charge in [0.2, 0.25) is 5.91 Å². The van der Waals surface area contributed by atoms with Gasteiger partial charge in [0.1, 0.15) is 5.82 Å². The van der Waals surface area contributed by atoms with Gasteiger partial charge in [-0.25, -0.2) is 9.37 Å². The van der Waals surface area contributed by atoms with Crippen molar-refractivity contribution >= 4 is 34.9 Å². The molecule has 0 unspecified atom stereocenters. The molecule has 0 aliphatic rings. The van der Waals surface area contributed by atoms with E-state index in [0.29, 0.717) is 35.8 Å². The van der Waals surface area contributed by atoms with E-state index in [9.17, 15) is 9.18 Å². The molecular weight excluding hydrogens is 454 g/mol. The molecule has 0 aliphatic heterocycles. The lowest BCUT2D eigenvalue weighted by Crippen LogP contribution is -2.24. The van der Waals surface area contributed by atoms with Crippen molar-refractivity contribution in [3.8, 4) is 16.9 Å². The molecule has 3 aromatic rings. The Bertz CT molecular complexity index is 1110. The molecule has 5 N–H and O–H groups in total. The first-order valence-electron chi connectivity index (χ1n) is 9.95. The number of ether oxygens (including phenoxy) is 1. The van der Waals surface area contributed by atoms with E-state index in [1.165, 1.54) is 12.1 Å². The Morgan fingerprint density at radius 3 is 2.75 bits per heavy atom. The molecule has 0 fully saturated rings. The molecule has 32 heavy (non-hydrogen) atoms. The predicted octanol–water partition coefficient (Wildman–Crippen LogP) is 4.36. The Morgan fingerprint density at radius 1 is 1.16 bits per heavy atom. The maximum absolute atomic E-state index is 13.7. The summed E-state index contributed by atoms with van der Waals surface area (Å²) in [6.07, 6.45) is 2.24. The Balaban J connectivity index is 1.70. The number of carbonyl (C=O) groups excluding carboxylic acids is 1. The number of amides is 1. The van der Waals surface area contributed by atoms with Crippen molar-refractivity contribution in [2.45, 2.75) is 19.4 Å². The highest BCUT2D eigenvalue weighted by Crippen LogP contribution is 2.30. The highest BCUT2D eigenvalue weighted by molar-refractivity contribution is 6.36. The van der Waals surface area contributed by atoms with Gasteiger partial charge in [0.25, 0.3) is 0 Å². The standard InChI is InChI=1S/C23H23Cl2FN4O2/c24-18-4-5-19(26)22(25)17(18)7-9-32-20-11-16(13-30-23(20)28)15-3-1-2-14(10-15)12-29-21(31)6-8-27/h1-5,10-11,13H,6-9,12,27H2,(H2,28,30)(H,29,31). The molecule has 0 bridgehead atoms. The van der Waals surface area contributed by atoms with Gasteiger partial charge >= 0.3 is 0 Å². The van der Waals surface area contributed by atoms with E-state index in [2.05, 4.69) is 10.3 Å². The molecule has 0 radical (unpaired) electrons. The molecule has 0 spiro atoms. The van der Waals surface area contributed by atoms with Crippen molar-refractivity contribution in [3.05, 3.63) is 75.7 Å². The van der Waals surface area contributed by atoms with Gasteiger partial charge in [0, 0.05) is 42.7 Å². The molecule has 6 nitrogen and oxygen atoms in total. The molecule has 2 aromatic carbocycles. The zero-order chi connectivity index (χ0) is 23.1. The van der Waals surface area contributed by atoms with Crippen molar-refractivity contribution in [2.24, 2.45) is 5.73 Å². The number of nitrogen functional groups attached to an aromatic ring is 1. The van der Waals surface area contributed by atoms with Gasteiger partial charge in [-0.3, -0.25) is 4.79 Å². The van der Waals surface area contributed by atoms with Crippen LogP contribution in [0, 0.1) is 5.82 Å². The largest absolute Gasteiger partial charge is 0.489 e. The second-order valence-corrected chi connectivity index (χ2v) is 7.83. The summed E-state index contributed by atoms with van der Waals surface area (Å²) >= 11 is 12.1. The van der Waals surface area contributed by atoms with Crippen LogP contribution in [0.1, 0.15) is 17.5 Å². The number of rotatable bonds is 9. The molecule has 1 amide bonds. The maximum atomic E-state index is 13.7. The lowest BCUT2D eigenvalue weighted by Gasteiger charge is -2.12. The first-order chi connectivity index (χ1) is 15.4. The number of halogens is 3. The zero-order valence-corrected chi connectivity index (χ0v) is 18.7. The SMILES string of the molecule is NCCC(=O)NCc1cccc(-c2cnc(N)c(OCCc3c(Cl)ccc(F)c3Cl)c2)c1. The van der Waals surface area contributed by atoms with E-state index in [1.54, 1.807) is 12.3 Å². The molecule has 168 valence electrons. The number of hydrogen-bond acceptors (Lipinski definition) is 5. The first kappa shape index (κ1) is 23.8. The van der Waals surface area contributed by atoms with E-state index in [-0.39, 0.29) is 29.8 Å². The van der Waals surface area contributed by atoms with Crippen LogP contribution in [0.3, 0.4) is 0 Å². The summed E-state index contributed by atoms with van der Waals surface area (Å²) in [5, 5.41) is 3.18. The first-order valence-corrected chi connectivity index (χ1v) is 10.7. The van der Waals surface area contributed by atoms with Crippen molar-refractivity contribution < 1.29 is 13.9 Å². The highest BCUT2D eigenvalue weighted by Gasteiger charge is 2.12. The molecular formula is C23H23Cl2FN4O2. The van der Waals surface area contributed by atoms with Gasteiger partial charge in [-0.15, -0.1) is 0 Å². The maximum Gasteiger partial charge on any atom is 0.221 e. The molecule has 9 heteroatoms. The summed E-state index contributed by atoms with van der Waals surface area (Å²) in [5.74, 6) is -0.00206. The van der Waals surface area contributed by atoms with E-state index >= 15 is 0 Å². The quantitative estimate of drug-likeness (QED) is 0.398. The lowest BCUT2D eigenvalue weighted by atomic mass is 10.0. The minimum absolute atomic E-state index is 0.0173. The Morgan fingerprint density at radius 2 is 1.97 bits per heavy atom. The number of nitrogens with zero attached hydrogens (tertiary/aromatic N) is 1. The van der Waals surface area contributed by atoms with Crippen molar-refractivity contribution in [1.29, 1.82) is 0 Å². The minimum atomic E-state index is -0.534. The van der Waals surface area contributed by atoms with Gasteiger partial charge in [-0.05, 0) is 41.0 Å². The summed E-state index contributed by atoms with van der Waals surface area (Å²) in [5.41, 5.74) is 14.5. The summed E-state index contributed by atoms with van der Waals surface area (Å²) < 4.78 is 19.5. The van der Waals surface area contributed by atoms with Crippen LogP contribution in [-0.2, 0) is 17.8 Å². The average molecular weight is 477 g/mol. The fourth-order valence-electron chi connectivity index (χ4n) is 3.07. The number of aromatic nitrogens is 1.